The maximum Gasteiger partial charge on any atom is 0.263 e. The summed E-state index contributed by atoms with van der Waals surface area (Å²) in [7, 11) is 1.67. The topological polar surface area (TPSA) is 53.1 Å². The normalized spacial score (nSPS) is 23.8. The summed E-state index contributed by atoms with van der Waals surface area (Å²) in [5, 5.41) is 0. The average Bonchev–Trinajstić information content (AvgIpc) is 3.21. The predicted octanol–water partition coefficient (Wildman–Crippen LogP) is 2.02. The van der Waals surface area contributed by atoms with Crippen LogP contribution in [-0.4, -0.2) is 85.5 Å². The van der Waals surface area contributed by atoms with E-state index in [0.717, 1.165) is 56.7 Å². The standard InChI is InChI=1S/C21H31N3O3S/c1-27-14-13-24-10-7-17(20(24)25)22-8-4-9-23(12-11-22)21(26)19-15-16-5-2-3-6-18(16)28-19/h15,17H,2-14H2,1H3/t17-/m0/s1. The number of hydrogen-bond donors (Lipinski definition) is 0. The molecule has 3 aliphatic rings. The van der Waals surface area contributed by atoms with Crippen LogP contribution in [-0.2, 0) is 22.4 Å². The first-order chi connectivity index (χ1) is 13.7. The van der Waals surface area contributed by atoms with E-state index in [2.05, 4.69) is 11.0 Å². The van der Waals surface area contributed by atoms with Gasteiger partial charge in [-0.3, -0.25) is 14.5 Å². The van der Waals surface area contributed by atoms with Crippen LogP contribution in [0.4, 0.5) is 0 Å². The Labute approximate surface area is 171 Å². The minimum atomic E-state index is -0.0269. The van der Waals surface area contributed by atoms with Crippen LogP contribution in [0.3, 0.4) is 0 Å². The van der Waals surface area contributed by atoms with Gasteiger partial charge < -0.3 is 14.5 Å². The number of amides is 2. The number of carbonyl (C=O) groups is 2. The Balaban J connectivity index is 1.35. The molecule has 28 heavy (non-hydrogen) atoms. The van der Waals surface area contributed by atoms with Gasteiger partial charge in [0.05, 0.1) is 17.5 Å². The SMILES string of the molecule is COCCN1CC[C@H](N2CCCN(C(=O)c3cc4c(s3)CCCC4)CC2)C1=O. The van der Waals surface area contributed by atoms with E-state index in [-0.39, 0.29) is 17.9 Å². The van der Waals surface area contributed by atoms with Crippen molar-refractivity contribution in [3.63, 3.8) is 0 Å². The van der Waals surface area contributed by atoms with Gasteiger partial charge in [-0.05, 0) is 50.2 Å². The van der Waals surface area contributed by atoms with Crippen LogP contribution in [0.5, 0.6) is 0 Å². The summed E-state index contributed by atoms with van der Waals surface area (Å²) < 4.78 is 5.11. The zero-order valence-corrected chi connectivity index (χ0v) is 17.6. The summed E-state index contributed by atoms with van der Waals surface area (Å²) >= 11 is 1.70. The largest absolute Gasteiger partial charge is 0.383 e. The summed E-state index contributed by atoms with van der Waals surface area (Å²) in [6, 6.07) is 2.11. The zero-order chi connectivity index (χ0) is 19.5. The maximum atomic E-state index is 13.1. The Morgan fingerprint density at radius 2 is 2.00 bits per heavy atom. The van der Waals surface area contributed by atoms with E-state index in [1.165, 1.54) is 23.3 Å². The smallest absolute Gasteiger partial charge is 0.263 e. The van der Waals surface area contributed by atoms with Crippen molar-refractivity contribution in [1.82, 2.24) is 14.7 Å². The second-order valence-corrected chi connectivity index (χ2v) is 9.21. The number of methoxy groups -OCH3 is 1. The Morgan fingerprint density at radius 3 is 2.82 bits per heavy atom. The molecular weight excluding hydrogens is 374 g/mol. The van der Waals surface area contributed by atoms with Gasteiger partial charge in [-0.15, -0.1) is 11.3 Å². The van der Waals surface area contributed by atoms with Gasteiger partial charge in [-0.25, -0.2) is 0 Å². The van der Waals surface area contributed by atoms with Gasteiger partial charge in [0.1, 0.15) is 0 Å². The van der Waals surface area contributed by atoms with E-state index in [1.807, 2.05) is 9.80 Å². The monoisotopic (exact) mass is 405 g/mol. The molecule has 2 fully saturated rings. The number of hydrogen-bond acceptors (Lipinski definition) is 5. The van der Waals surface area contributed by atoms with Crippen molar-refractivity contribution in [2.45, 2.75) is 44.6 Å². The van der Waals surface area contributed by atoms with Crippen LogP contribution in [0, 0.1) is 0 Å². The molecule has 0 spiro atoms. The zero-order valence-electron chi connectivity index (χ0n) is 16.8. The number of rotatable bonds is 5. The van der Waals surface area contributed by atoms with Gasteiger partial charge in [0.15, 0.2) is 0 Å². The van der Waals surface area contributed by atoms with Crippen LogP contribution < -0.4 is 0 Å². The third-order valence-electron chi connectivity index (χ3n) is 6.30. The molecule has 1 aliphatic carbocycles. The molecular formula is C21H31N3O3S. The number of fused-ring (bicyclic) bond motifs is 1. The molecule has 2 amide bonds. The molecule has 0 bridgehead atoms. The molecule has 0 N–H and O–H groups in total. The quantitative estimate of drug-likeness (QED) is 0.752. The van der Waals surface area contributed by atoms with E-state index < -0.39 is 0 Å². The lowest BCUT2D eigenvalue weighted by Crippen LogP contribution is -2.44. The molecule has 0 radical (unpaired) electrons. The van der Waals surface area contributed by atoms with E-state index in [4.69, 9.17) is 4.74 Å². The molecule has 0 saturated carbocycles. The molecule has 6 nitrogen and oxygen atoms in total. The first-order valence-corrected chi connectivity index (χ1v) is 11.4. The summed E-state index contributed by atoms with van der Waals surface area (Å²) in [5.41, 5.74) is 1.39. The number of likely N-dealkylation sites (tertiary alicyclic amines) is 1. The van der Waals surface area contributed by atoms with Gasteiger partial charge >= 0.3 is 0 Å². The van der Waals surface area contributed by atoms with E-state index in [1.54, 1.807) is 18.4 Å². The molecule has 3 heterocycles. The highest BCUT2D eigenvalue weighted by Gasteiger charge is 2.36. The second kappa shape index (κ2) is 8.93. The predicted molar refractivity (Wildman–Crippen MR) is 110 cm³/mol. The molecule has 154 valence electrons. The highest BCUT2D eigenvalue weighted by molar-refractivity contribution is 7.14. The molecule has 2 aliphatic heterocycles. The van der Waals surface area contributed by atoms with E-state index in [9.17, 15) is 9.59 Å². The van der Waals surface area contributed by atoms with Gasteiger partial charge in [-0.2, -0.15) is 0 Å². The first-order valence-electron chi connectivity index (χ1n) is 10.6. The number of thiophene rings is 1. The summed E-state index contributed by atoms with van der Waals surface area (Å²) in [6.45, 7) is 5.24. The summed E-state index contributed by atoms with van der Waals surface area (Å²) in [6.07, 6.45) is 6.55. The lowest BCUT2D eigenvalue weighted by Gasteiger charge is -2.26. The fraction of sp³-hybridized carbons (Fsp3) is 0.714. The fourth-order valence-corrected chi connectivity index (χ4v) is 5.91. The van der Waals surface area contributed by atoms with Crippen molar-refractivity contribution in [3.05, 3.63) is 21.4 Å². The third kappa shape index (κ3) is 4.11. The van der Waals surface area contributed by atoms with Gasteiger partial charge in [0.25, 0.3) is 5.91 Å². The summed E-state index contributed by atoms with van der Waals surface area (Å²) in [4.78, 5) is 34.3. The summed E-state index contributed by atoms with van der Waals surface area (Å²) in [5.74, 6) is 0.406. The molecule has 1 aromatic heterocycles. The molecule has 1 atom stereocenters. The minimum absolute atomic E-state index is 0.0269. The van der Waals surface area contributed by atoms with Crippen molar-refractivity contribution >= 4 is 23.2 Å². The van der Waals surface area contributed by atoms with E-state index >= 15 is 0 Å². The Morgan fingerprint density at radius 1 is 1.14 bits per heavy atom. The number of ether oxygens (including phenoxy) is 1. The van der Waals surface area contributed by atoms with E-state index in [0.29, 0.717) is 19.7 Å². The van der Waals surface area contributed by atoms with Crippen LogP contribution in [0.15, 0.2) is 6.07 Å². The highest BCUT2D eigenvalue weighted by Crippen LogP contribution is 2.30. The Bertz CT molecular complexity index is 696. The maximum absolute atomic E-state index is 13.1. The number of nitrogens with zero attached hydrogens (tertiary/aromatic N) is 3. The molecule has 2 saturated heterocycles. The highest BCUT2D eigenvalue weighted by atomic mass is 32.1. The van der Waals surface area contributed by atoms with Crippen molar-refractivity contribution < 1.29 is 14.3 Å². The Hall–Kier alpha value is -1.44. The van der Waals surface area contributed by atoms with Crippen molar-refractivity contribution in [3.8, 4) is 0 Å². The lowest BCUT2D eigenvalue weighted by atomic mass is 9.99. The van der Waals surface area contributed by atoms with Crippen molar-refractivity contribution in [1.29, 1.82) is 0 Å². The average molecular weight is 406 g/mol. The van der Waals surface area contributed by atoms with Crippen LogP contribution >= 0.6 is 11.3 Å². The number of aryl methyl sites for hydroxylation is 2. The van der Waals surface area contributed by atoms with Crippen molar-refractivity contribution in [2.75, 3.05) is 53.0 Å². The Kier molecular flexibility index (Phi) is 6.33. The molecule has 4 rings (SSSR count). The third-order valence-corrected chi connectivity index (χ3v) is 7.53. The second-order valence-electron chi connectivity index (χ2n) is 8.07. The van der Waals surface area contributed by atoms with Crippen molar-refractivity contribution in [2.24, 2.45) is 0 Å². The van der Waals surface area contributed by atoms with Crippen LogP contribution in [0.2, 0.25) is 0 Å². The minimum Gasteiger partial charge on any atom is -0.383 e. The fourth-order valence-electron chi connectivity index (χ4n) is 4.69. The molecule has 0 aromatic carbocycles. The van der Waals surface area contributed by atoms with Gasteiger partial charge in [0, 0.05) is 51.3 Å². The first kappa shape index (κ1) is 19.9. The number of carbonyl (C=O) groups excluding carboxylic acids is 2. The van der Waals surface area contributed by atoms with Gasteiger partial charge in [-0.1, -0.05) is 0 Å². The lowest BCUT2D eigenvalue weighted by molar-refractivity contribution is -0.132. The molecule has 1 aromatic rings. The molecule has 7 heteroatoms. The van der Waals surface area contributed by atoms with Crippen LogP contribution in [0.1, 0.15) is 45.8 Å². The van der Waals surface area contributed by atoms with Gasteiger partial charge in [0.2, 0.25) is 5.91 Å². The van der Waals surface area contributed by atoms with Crippen LogP contribution in [0.25, 0.3) is 0 Å². The molecule has 0 unspecified atom stereocenters.